The van der Waals surface area contributed by atoms with E-state index in [9.17, 15) is 8.42 Å². The minimum atomic E-state index is -2.87. The summed E-state index contributed by atoms with van der Waals surface area (Å²) in [6, 6.07) is 0.310. The normalized spacial score (nSPS) is 21.2. The van der Waals surface area contributed by atoms with Crippen molar-refractivity contribution in [3.05, 3.63) is 15.6 Å². The molecule has 20 heavy (non-hydrogen) atoms. The third-order valence-corrected chi connectivity index (χ3v) is 6.75. The molecule has 2 heterocycles. The first-order valence-electron chi connectivity index (χ1n) is 7.23. The van der Waals surface area contributed by atoms with Gasteiger partial charge in [-0.15, -0.1) is 11.3 Å². The Morgan fingerprint density at radius 2 is 1.95 bits per heavy atom. The Balaban J connectivity index is 2.36. The zero-order chi connectivity index (χ0) is 15.0. The Bertz CT molecular complexity index is 562. The highest BCUT2D eigenvalue weighted by molar-refractivity contribution is 7.91. The summed E-state index contributed by atoms with van der Waals surface area (Å²) in [5.41, 5.74) is 0.880. The highest BCUT2D eigenvalue weighted by atomic mass is 32.2. The molecule has 1 N–H and O–H groups in total. The van der Waals surface area contributed by atoms with Crippen LogP contribution in [-0.2, 0) is 21.8 Å². The van der Waals surface area contributed by atoms with Crippen molar-refractivity contribution >= 4 is 21.2 Å². The number of nitrogens with one attached hydrogen (secondary N) is 1. The lowest BCUT2D eigenvalue weighted by molar-refractivity contribution is 0.275. The number of nitrogens with zero attached hydrogens (tertiary/aromatic N) is 1. The van der Waals surface area contributed by atoms with Gasteiger partial charge in [0.15, 0.2) is 0 Å². The predicted octanol–water partition coefficient (Wildman–Crippen LogP) is 2.42. The van der Waals surface area contributed by atoms with E-state index in [1.54, 1.807) is 11.3 Å². The summed E-state index contributed by atoms with van der Waals surface area (Å²) in [6.45, 7) is 8.42. The van der Waals surface area contributed by atoms with Gasteiger partial charge in [-0.25, -0.2) is 13.4 Å². The number of hydrogen-bond donors (Lipinski definition) is 1. The van der Waals surface area contributed by atoms with E-state index in [2.05, 4.69) is 33.0 Å². The van der Waals surface area contributed by atoms with Crippen molar-refractivity contribution < 1.29 is 8.42 Å². The summed E-state index contributed by atoms with van der Waals surface area (Å²) >= 11 is 1.72. The van der Waals surface area contributed by atoms with Gasteiger partial charge in [-0.3, -0.25) is 0 Å². The summed E-state index contributed by atoms with van der Waals surface area (Å²) in [6.07, 6.45) is 2.19. The number of hydrogen-bond acceptors (Lipinski definition) is 5. The number of rotatable bonds is 4. The standard InChI is InChI=1S/C14H24N2O2S2/c1-5-12-11(4)19-13(15-12)14(16-10(2)3)6-8-20(17,18)9-7-14/h10,16H,5-9H2,1-4H3. The quantitative estimate of drug-likeness (QED) is 0.927. The smallest absolute Gasteiger partial charge is 0.150 e. The molecule has 6 heteroatoms. The molecule has 114 valence electrons. The van der Waals surface area contributed by atoms with E-state index in [-0.39, 0.29) is 17.0 Å². The Kier molecular flexibility index (Phi) is 4.56. The highest BCUT2D eigenvalue weighted by Gasteiger charge is 2.41. The largest absolute Gasteiger partial charge is 0.303 e. The van der Waals surface area contributed by atoms with Crippen LogP contribution in [0.25, 0.3) is 0 Å². The maximum absolute atomic E-state index is 11.7. The molecular weight excluding hydrogens is 292 g/mol. The van der Waals surface area contributed by atoms with Gasteiger partial charge in [0.1, 0.15) is 14.8 Å². The van der Waals surface area contributed by atoms with E-state index in [4.69, 9.17) is 4.98 Å². The van der Waals surface area contributed by atoms with Crippen molar-refractivity contribution in [2.24, 2.45) is 0 Å². The molecule has 0 spiro atoms. The summed E-state index contributed by atoms with van der Waals surface area (Å²) < 4.78 is 23.5. The molecule has 0 amide bonds. The predicted molar refractivity (Wildman–Crippen MR) is 84.1 cm³/mol. The molecule has 1 aromatic heterocycles. The lowest BCUT2D eigenvalue weighted by atomic mass is 9.92. The number of aromatic nitrogens is 1. The monoisotopic (exact) mass is 316 g/mol. The third-order valence-electron chi connectivity index (χ3n) is 3.88. The van der Waals surface area contributed by atoms with Gasteiger partial charge in [0.25, 0.3) is 0 Å². The van der Waals surface area contributed by atoms with Crippen molar-refractivity contribution in [2.75, 3.05) is 11.5 Å². The lowest BCUT2D eigenvalue weighted by Gasteiger charge is -2.38. The topological polar surface area (TPSA) is 59.1 Å². The lowest BCUT2D eigenvalue weighted by Crippen LogP contribution is -2.50. The molecular formula is C14H24N2O2S2. The summed E-state index contributed by atoms with van der Waals surface area (Å²) in [7, 11) is -2.87. The van der Waals surface area contributed by atoms with E-state index in [1.165, 1.54) is 4.88 Å². The van der Waals surface area contributed by atoms with Crippen LogP contribution in [0.1, 0.15) is 49.2 Å². The first kappa shape index (κ1) is 15.9. The van der Waals surface area contributed by atoms with E-state index in [0.717, 1.165) is 17.1 Å². The Hall–Kier alpha value is -0.460. The molecule has 2 rings (SSSR count). The molecule has 0 aliphatic carbocycles. The minimum Gasteiger partial charge on any atom is -0.303 e. The number of sulfone groups is 1. The molecule has 1 aliphatic heterocycles. The Morgan fingerprint density at radius 1 is 1.35 bits per heavy atom. The summed E-state index contributed by atoms with van der Waals surface area (Å²) in [5, 5.41) is 4.66. The fraction of sp³-hybridized carbons (Fsp3) is 0.786. The SMILES string of the molecule is CCc1nc(C2(NC(C)C)CCS(=O)(=O)CC2)sc1C. The maximum Gasteiger partial charge on any atom is 0.150 e. The second-order valence-electron chi connectivity index (χ2n) is 5.91. The first-order chi connectivity index (χ1) is 9.28. The zero-order valence-corrected chi connectivity index (χ0v) is 14.3. The van der Waals surface area contributed by atoms with Crippen LogP contribution >= 0.6 is 11.3 Å². The first-order valence-corrected chi connectivity index (χ1v) is 9.87. The maximum atomic E-state index is 11.7. The van der Waals surface area contributed by atoms with Gasteiger partial charge in [0, 0.05) is 10.9 Å². The Morgan fingerprint density at radius 3 is 2.40 bits per heavy atom. The highest BCUT2D eigenvalue weighted by Crippen LogP contribution is 2.37. The average molecular weight is 316 g/mol. The van der Waals surface area contributed by atoms with Crippen LogP contribution < -0.4 is 5.32 Å². The van der Waals surface area contributed by atoms with Crippen LogP contribution in [0, 0.1) is 6.92 Å². The van der Waals surface area contributed by atoms with Crippen molar-refractivity contribution in [3.8, 4) is 0 Å². The number of thiazole rings is 1. The minimum absolute atomic E-state index is 0.257. The van der Waals surface area contributed by atoms with Gasteiger partial charge in [-0.1, -0.05) is 6.92 Å². The van der Waals surface area contributed by atoms with E-state index < -0.39 is 9.84 Å². The second-order valence-corrected chi connectivity index (χ2v) is 9.42. The third kappa shape index (κ3) is 3.23. The van der Waals surface area contributed by atoms with Crippen molar-refractivity contribution in [1.82, 2.24) is 10.3 Å². The molecule has 0 bridgehead atoms. The van der Waals surface area contributed by atoms with Crippen LogP contribution in [0.4, 0.5) is 0 Å². The Labute approximate surface area is 125 Å². The van der Waals surface area contributed by atoms with Crippen molar-refractivity contribution in [2.45, 2.75) is 58.5 Å². The van der Waals surface area contributed by atoms with E-state index in [1.807, 2.05) is 0 Å². The molecule has 0 saturated carbocycles. The summed E-state index contributed by atoms with van der Waals surface area (Å²) in [5.74, 6) is 0.514. The van der Waals surface area contributed by atoms with Crippen molar-refractivity contribution in [1.29, 1.82) is 0 Å². The molecule has 0 unspecified atom stereocenters. The molecule has 1 saturated heterocycles. The van der Waals surface area contributed by atoms with Crippen molar-refractivity contribution in [3.63, 3.8) is 0 Å². The molecule has 0 aromatic carbocycles. The molecule has 4 nitrogen and oxygen atoms in total. The molecule has 1 aromatic rings. The molecule has 0 atom stereocenters. The molecule has 0 radical (unpaired) electrons. The van der Waals surface area contributed by atoms with Gasteiger partial charge in [0.05, 0.1) is 22.7 Å². The van der Waals surface area contributed by atoms with Gasteiger partial charge >= 0.3 is 0 Å². The van der Waals surface area contributed by atoms with Crippen LogP contribution in [-0.4, -0.2) is 30.9 Å². The van der Waals surface area contributed by atoms with Gasteiger partial charge < -0.3 is 5.32 Å². The fourth-order valence-corrected chi connectivity index (χ4v) is 5.55. The van der Waals surface area contributed by atoms with Crippen LogP contribution in [0.3, 0.4) is 0 Å². The fourth-order valence-electron chi connectivity index (χ4n) is 2.82. The number of aryl methyl sites for hydroxylation is 2. The van der Waals surface area contributed by atoms with Gasteiger partial charge in [0.2, 0.25) is 0 Å². The zero-order valence-electron chi connectivity index (χ0n) is 12.7. The van der Waals surface area contributed by atoms with E-state index in [0.29, 0.717) is 18.9 Å². The van der Waals surface area contributed by atoms with Crippen LogP contribution in [0.2, 0.25) is 0 Å². The van der Waals surface area contributed by atoms with Crippen LogP contribution in [0.15, 0.2) is 0 Å². The van der Waals surface area contributed by atoms with Gasteiger partial charge in [-0.05, 0) is 40.0 Å². The molecule has 1 aliphatic rings. The molecule has 1 fully saturated rings. The average Bonchev–Trinajstić information content (AvgIpc) is 2.74. The second kappa shape index (κ2) is 5.73. The van der Waals surface area contributed by atoms with E-state index >= 15 is 0 Å². The van der Waals surface area contributed by atoms with Gasteiger partial charge in [-0.2, -0.15) is 0 Å². The summed E-state index contributed by atoms with van der Waals surface area (Å²) in [4.78, 5) is 6.04. The van der Waals surface area contributed by atoms with Crippen LogP contribution in [0.5, 0.6) is 0 Å².